The molecule has 1 saturated heterocycles. The molecule has 0 aromatic heterocycles. The predicted molar refractivity (Wildman–Crippen MR) is 84.7 cm³/mol. The Bertz CT molecular complexity index is 537. The van der Waals surface area contributed by atoms with Crippen molar-refractivity contribution in [2.45, 2.75) is 33.1 Å². The van der Waals surface area contributed by atoms with Crippen LogP contribution in [0.2, 0.25) is 5.02 Å². The SMILES string of the molecule is CC(C)C(=O)Nc1cc(C(=O)N2CCCCC2)ccc1Cl. The first-order valence-electron chi connectivity index (χ1n) is 7.38. The Labute approximate surface area is 130 Å². The minimum Gasteiger partial charge on any atom is -0.339 e. The first kappa shape index (κ1) is 15.8. The third kappa shape index (κ3) is 3.97. The Kier molecular flexibility index (Phi) is 5.23. The summed E-state index contributed by atoms with van der Waals surface area (Å²) in [6.45, 7) is 5.22. The van der Waals surface area contributed by atoms with Gasteiger partial charge in [-0.15, -0.1) is 0 Å². The first-order valence-corrected chi connectivity index (χ1v) is 7.76. The van der Waals surface area contributed by atoms with Crippen LogP contribution in [0.5, 0.6) is 0 Å². The summed E-state index contributed by atoms with van der Waals surface area (Å²) < 4.78 is 0. The third-order valence-corrected chi connectivity index (χ3v) is 3.97. The molecule has 0 saturated carbocycles. The summed E-state index contributed by atoms with van der Waals surface area (Å²) in [5.41, 5.74) is 1.07. The molecular formula is C16H21ClN2O2. The van der Waals surface area contributed by atoms with Crippen molar-refractivity contribution in [1.82, 2.24) is 4.90 Å². The molecule has 1 heterocycles. The first-order chi connectivity index (χ1) is 9.99. The van der Waals surface area contributed by atoms with Crippen molar-refractivity contribution in [3.05, 3.63) is 28.8 Å². The predicted octanol–water partition coefficient (Wildman–Crippen LogP) is 3.56. The molecule has 0 atom stereocenters. The van der Waals surface area contributed by atoms with Gasteiger partial charge in [-0.1, -0.05) is 25.4 Å². The van der Waals surface area contributed by atoms with Gasteiger partial charge in [0.2, 0.25) is 5.91 Å². The normalized spacial score (nSPS) is 15.1. The van der Waals surface area contributed by atoms with Crippen LogP contribution in [0.4, 0.5) is 5.69 Å². The van der Waals surface area contributed by atoms with Crippen molar-refractivity contribution in [1.29, 1.82) is 0 Å². The van der Waals surface area contributed by atoms with E-state index in [9.17, 15) is 9.59 Å². The molecule has 2 rings (SSSR count). The van der Waals surface area contributed by atoms with Crippen molar-refractivity contribution < 1.29 is 9.59 Å². The standard InChI is InChI=1S/C16H21ClN2O2/c1-11(2)15(20)18-14-10-12(6-7-13(14)17)16(21)19-8-4-3-5-9-19/h6-7,10-11H,3-5,8-9H2,1-2H3,(H,18,20). The molecule has 1 fully saturated rings. The lowest BCUT2D eigenvalue weighted by Gasteiger charge is -2.27. The maximum Gasteiger partial charge on any atom is 0.253 e. The number of piperidine rings is 1. The lowest BCUT2D eigenvalue weighted by atomic mass is 10.1. The van der Waals surface area contributed by atoms with Crippen LogP contribution in [0.3, 0.4) is 0 Å². The summed E-state index contributed by atoms with van der Waals surface area (Å²) >= 11 is 6.10. The monoisotopic (exact) mass is 308 g/mol. The second-order valence-electron chi connectivity index (χ2n) is 5.69. The number of nitrogens with one attached hydrogen (secondary N) is 1. The number of hydrogen-bond donors (Lipinski definition) is 1. The molecule has 114 valence electrons. The zero-order chi connectivity index (χ0) is 15.4. The van der Waals surface area contributed by atoms with E-state index < -0.39 is 0 Å². The molecule has 4 nitrogen and oxygen atoms in total. The fourth-order valence-corrected chi connectivity index (χ4v) is 2.48. The van der Waals surface area contributed by atoms with E-state index in [1.54, 1.807) is 18.2 Å². The molecule has 1 aromatic carbocycles. The Balaban J connectivity index is 2.17. The minimum absolute atomic E-state index is 0.00594. The molecule has 0 bridgehead atoms. The number of hydrogen-bond acceptors (Lipinski definition) is 2. The van der Waals surface area contributed by atoms with Crippen LogP contribution in [0.1, 0.15) is 43.5 Å². The van der Waals surface area contributed by atoms with E-state index in [-0.39, 0.29) is 17.7 Å². The lowest BCUT2D eigenvalue weighted by molar-refractivity contribution is -0.118. The second kappa shape index (κ2) is 6.94. The average Bonchev–Trinajstić information content (AvgIpc) is 2.49. The smallest absolute Gasteiger partial charge is 0.253 e. The summed E-state index contributed by atoms with van der Waals surface area (Å²) in [5.74, 6) is -0.242. The van der Waals surface area contributed by atoms with E-state index in [0.29, 0.717) is 16.3 Å². The van der Waals surface area contributed by atoms with Gasteiger partial charge in [0.25, 0.3) is 5.91 Å². The van der Waals surface area contributed by atoms with E-state index in [0.717, 1.165) is 25.9 Å². The topological polar surface area (TPSA) is 49.4 Å². The van der Waals surface area contributed by atoms with E-state index in [1.807, 2.05) is 18.7 Å². The van der Waals surface area contributed by atoms with Crippen molar-refractivity contribution in [3.8, 4) is 0 Å². The van der Waals surface area contributed by atoms with Gasteiger partial charge in [0, 0.05) is 24.6 Å². The van der Waals surface area contributed by atoms with E-state index >= 15 is 0 Å². The maximum absolute atomic E-state index is 12.5. The van der Waals surface area contributed by atoms with E-state index in [2.05, 4.69) is 5.32 Å². The molecule has 1 aliphatic heterocycles. The summed E-state index contributed by atoms with van der Waals surface area (Å²) in [4.78, 5) is 26.1. The highest BCUT2D eigenvalue weighted by atomic mass is 35.5. The van der Waals surface area contributed by atoms with Crippen LogP contribution in [0.25, 0.3) is 0 Å². The van der Waals surface area contributed by atoms with Crippen molar-refractivity contribution in [2.75, 3.05) is 18.4 Å². The van der Waals surface area contributed by atoms with Gasteiger partial charge in [0.05, 0.1) is 10.7 Å². The number of carbonyl (C=O) groups is 2. The van der Waals surface area contributed by atoms with Gasteiger partial charge < -0.3 is 10.2 Å². The fraction of sp³-hybridized carbons (Fsp3) is 0.500. The number of likely N-dealkylation sites (tertiary alicyclic amines) is 1. The Morgan fingerprint density at radius 2 is 1.86 bits per heavy atom. The van der Waals surface area contributed by atoms with Crippen LogP contribution >= 0.6 is 11.6 Å². The molecule has 1 aliphatic rings. The molecule has 5 heteroatoms. The molecular weight excluding hydrogens is 288 g/mol. The number of nitrogens with zero attached hydrogens (tertiary/aromatic N) is 1. The minimum atomic E-state index is -0.137. The molecule has 0 unspecified atom stereocenters. The summed E-state index contributed by atoms with van der Waals surface area (Å²) in [6.07, 6.45) is 3.28. The number of carbonyl (C=O) groups excluding carboxylic acids is 2. The van der Waals surface area contributed by atoms with Gasteiger partial charge in [-0.2, -0.15) is 0 Å². The van der Waals surface area contributed by atoms with Crippen molar-refractivity contribution >= 4 is 29.1 Å². The fourth-order valence-electron chi connectivity index (χ4n) is 2.31. The van der Waals surface area contributed by atoms with Crippen molar-refractivity contribution in [3.63, 3.8) is 0 Å². The van der Waals surface area contributed by atoms with Crippen LogP contribution < -0.4 is 5.32 Å². The molecule has 21 heavy (non-hydrogen) atoms. The molecule has 0 radical (unpaired) electrons. The molecule has 1 aromatic rings. The van der Waals surface area contributed by atoms with Gasteiger partial charge in [-0.3, -0.25) is 9.59 Å². The summed E-state index contributed by atoms with van der Waals surface area (Å²) in [5, 5.41) is 3.21. The largest absolute Gasteiger partial charge is 0.339 e. The Morgan fingerprint density at radius 1 is 1.19 bits per heavy atom. The number of anilines is 1. The maximum atomic E-state index is 12.5. The number of halogens is 1. The summed E-state index contributed by atoms with van der Waals surface area (Å²) in [7, 11) is 0. The number of rotatable bonds is 3. The van der Waals surface area contributed by atoms with Crippen LogP contribution in [-0.4, -0.2) is 29.8 Å². The average molecular weight is 309 g/mol. The van der Waals surface area contributed by atoms with Gasteiger partial charge in [0.15, 0.2) is 0 Å². The second-order valence-corrected chi connectivity index (χ2v) is 6.10. The Morgan fingerprint density at radius 3 is 2.48 bits per heavy atom. The highest BCUT2D eigenvalue weighted by Crippen LogP contribution is 2.25. The van der Waals surface area contributed by atoms with Crippen LogP contribution in [0.15, 0.2) is 18.2 Å². The van der Waals surface area contributed by atoms with Gasteiger partial charge in [0.1, 0.15) is 0 Å². The van der Waals surface area contributed by atoms with Gasteiger partial charge >= 0.3 is 0 Å². The zero-order valence-corrected chi connectivity index (χ0v) is 13.2. The third-order valence-electron chi connectivity index (χ3n) is 3.64. The van der Waals surface area contributed by atoms with Crippen LogP contribution in [0, 0.1) is 5.92 Å². The van der Waals surface area contributed by atoms with Gasteiger partial charge in [-0.25, -0.2) is 0 Å². The lowest BCUT2D eigenvalue weighted by Crippen LogP contribution is -2.35. The Hall–Kier alpha value is -1.55. The van der Waals surface area contributed by atoms with E-state index in [1.165, 1.54) is 6.42 Å². The summed E-state index contributed by atoms with van der Waals surface area (Å²) in [6, 6.07) is 5.04. The molecule has 0 aliphatic carbocycles. The van der Waals surface area contributed by atoms with Crippen LogP contribution in [-0.2, 0) is 4.79 Å². The molecule has 2 amide bonds. The quantitative estimate of drug-likeness (QED) is 0.928. The van der Waals surface area contributed by atoms with E-state index in [4.69, 9.17) is 11.6 Å². The number of amides is 2. The molecule has 1 N–H and O–H groups in total. The van der Waals surface area contributed by atoms with Gasteiger partial charge in [-0.05, 0) is 37.5 Å². The molecule has 0 spiro atoms. The highest BCUT2D eigenvalue weighted by molar-refractivity contribution is 6.33. The zero-order valence-electron chi connectivity index (χ0n) is 12.5. The van der Waals surface area contributed by atoms with Crippen molar-refractivity contribution in [2.24, 2.45) is 5.92 Å². The number of benzene rings is 1. The highest BCUT2D eigenvalue weighted by Gasteiger charge is 2.19.